The Labute approximate surface area is 125 Å². The van der Waals surface area contributed by atoms with Crippen LogP contribution in [0.2, 0.25) is 0 Å². The largest absolute Gasteiger partial charge is 0.382 e. The van der Waals surface area contributed by atoms with Crippen molar-refractivity contribution in [2.75, 3.05) is 12.4 Å². The predicted octanol–water partition coefficient (Wildman–Crippen LogP) is 3.07. The number of alkyl halides is 1. The topological polar surface area (TPSA) is 77.3 Å². The highest BCUT2D eigenvalue weighted by atomic mass is 79.9. The second kappa shape index (κ2) is 6.80. The van der Waals surface area contributed by atoms with E-state index >= 15 is 0 Å². The van der Waals surface area contributed by atoms with E-state index in [1.54, 1.807) is 0 Å². The molecule has 20 heavy (non-hydrogen) atoms. The summed E-state index contributed by atoms with van der Waals surface area (Å²) >= 11 is 4.18. The number of aliphatic imine (C=N–C) groups is 1. The highest BCUT2D eigenvalue weighted by molar-refractivity contribution is 9.10. The summed E-state index contributed by atoms with van der Waals surface area (Å²) in [5, 5.41) is 7.63. The van der Waals surface area contributed by atoms with Crippen LogP contribution in [0.5, 0.6) is 0 Å². The molecule has 2 N–H and O–H groups in total. The second-order valence-electron chi connectivity index (χ2n) is 3.55. The van der Waals surface area contributed by atoms with E-state index in [0.717, 1.165) is 11.8 Å². The van der Waals surface area contributed by atoms with Gasteiger partial charge in [0, 0.05) is 5.75 Å². The van der Waals surface area contributed by atoms with Crippen LogP contribution in [0.3, 0.4) is 0 Å². The van der Waals surface area contributed by atoms with Gasteiger partial charge in [-0.1, -0.05) is 11.8 Å². The maximum atomic E-state index is 13.1. The molecule has 1 aromatic heterocycles. The molecule has 0 aliphatic carbocycles. The van der Waals surface area contributed by atoms with Crippen LogP contribution in [-0.2, 0) is 0 Å². The van der Waals surface area contributed by atoms with Crippen LogP contribution in [0.1, 0.15) is 5.69 Å². The molecule has 106 valence electrons. The Morgan fingerprint density at radius 2 is 2.25 bits per heavy atom. The number of hydrogen-bond donors (Lipinski definition) is 1. The molecule has 0 saturated carbocycles. The zero-order chi connectivity index (χ0) is 14.5. The molecule has 0 aliphatic rings. The van der Waals surface area contributed by atoms with E-state index in [-0.39, 0.29) is 21.8 Å². The summed E-state index contributed by atoms with van der Waals surface area (Å²) in [6, 6.07) is 4.20. The quantitative estimate of drug-likeness (QED) is 0.502. The standard InChI is InChI=1S/C11H9BrF2N4OS/c12-7-5-6(1-2-8(7)14)16-10(15)9-11(18-19-17-9)20-4-3-13/h1-2,5H,3-4H2,(H2,15,16). The van der Waals surface area contributed by atoms with Crippen LogP contribution in [0, 0.1) is 5.82 Å². The molecule has 0 aliphatic heterocycles. The van der Waals surface area contributed by atoms with Crippen molar-refractivity contribution in [1.82, 2.24) is 10.3 Å². The Kier molecular flexibility index (Phi) is 5.07. The van der Waals surface area contributed by atoms with Crippen molar-refractivity contribution in [3.05, 3.63) is 34.2 Å². The maximum absolute atomic E-state index is 13.1. The third-order valence-electron chi connectivity index (χ3n) is 2.17. The molecule has 0 radical (unpaired) electrons. The van der Waals surface area contributed by atoms with Gasteiger partial charge in [-0.3, -0.25) is 4.39 Å². The van der Waals surface area contributed by atoms with Crippen LogP contribution in [0.15, 0.2) is 37.3 Å². The average Bonchev–Trinajstić information content (AvgIpc) is 2.89. The molecule has 1 heterocycles. The molecule has 0 spiro atoms. The van der Waals surface area contributed by atoms with Gasteiger partial charge >= 0.3 is 0 Å². The minimum absolute atomic E-state index is 0.0612. The highest BCUT2D eigenvalue weighted by Crippen LogP contribution is 2.24. The third kappa shape index (κ3) is 3.54. The van der Waals surface area contributed by atoms with Gasteiger partial charge in [0.25, 0.3) is 0 Å². The molecule has 0 fully saturated rings. The third-order valence-corrected chi connectivity index (χ3v) is 3.68. The molecule has 0 atom stereocenters. The smallest absolute Gasteiger partial charge is 0.183 e. The van der Waals surface area contributed by atoms with Gasteiger partial charge in [0.15, 0.2) is 16.6 Å². The molecule has 9 heteroatoms. The summed E-state index contributed by atoms with van der Waals surface area (Å²) in [5.74, 6) is -0.118. The van der Waals surface area contributed by atoms with E-state index in [0.29, 0.717) is 10.7 Å². The fourth-order valence-electron chi connectivity index (χ4n) is 1.31. The van der Waals surface area contributed by atoms with Crippen LogP contribution in [-0.4, -0.2) is 28.6 Å². The van der Waals surface area contributed by atoms with E-state index in [4.69, 9.17) is 5.73 Å². The van der Waals surface area contributed by atoms with Gasteiger partial charge in [-0.15, -0.1) is 0 Å². The second-order valence-corrected chi connectivity index (χ2v) is 5.49. The first-order valence-corrected chi connectivity index (χ1v) is 7.20. The lowest BCUT2D eigenvalue weighted by molar-refractivity contribution is 0.298. The van der Waals surface area contributed by atoms with Crippen molar-refractivity contribution in [1.29, 1.82) is 0 Å². The lowest BCUT2D eigenvalue weighted by Gasteiger charge is -2.00. The molecule has 2 rings (SSSR count). The van der Waals surface area contributed by atoms with Crippen molar-refractivity contribution in [3.63, 3.8) is 0 Å². The van der Waals surface area contributed by atoms with Crippen molar-refractivity contribution in [3.8, 4) is 0 Å². The number of nitrogens with two attached hydrogens (primary N) is 1. The SMILES string of the molecule is NC(=Nc1ccc(F)c(Br)c1)c1nonc1SCCF. The minimum Gasteiger partial charge on any atom is -0.382 e. The van der Waals surface area contributed by atoms with Gasteiger partial charge in [0.2, 0.25) is 0 Å². The van der Waals surface area contributed by atoms with E-state index < -0.39 is 12.5 Å². The Morgan fingerprint density at radius 3 is 2.95 bits per heavy atom. The molecular weight excluding hydrogens is 354 g/mol. The number of benzene rings is 1. The number of halogens is 3. The Balaban J connectivity index is 2.25. The fraction of sp³-hybridized carbons (Fsp3) is 0.182. The van der Waals surface area contributed by atoms with Gasteiger partial charge in [0.05, 0.1) is 16.8 Å². The Morgan fingerprint density at radius 1 is 1.45 bits per heavy atom. The van der Waals surface area contributed by atoms with Gasteiger partial charge in [-0.05, 0) is 44.4 Å². The van der Waals surface area contributed by atoms with Gasteiger partial charge < -0.3 is 5.73 Å². The lowest BCUT2D eigenvalue weighted by atomic mass is 10.3. The van der Waals surface area contributed by atoms with Gasteiger partial charge in [-0.2, -0.15) is 0 Å². The molecule has 0 saturated heterocycles. The predicted molar refractivity (Wildman–Crippen MR) is 75.5 cm³/mol. The van der Waals surface area contributed by atoms with E-state index in [1.807, 2.05) is 0 Å². The summed E-state index contributed by atoms with van der Waals surface area (Å²) in [6.07, 6.45) is 0. The van der Waals surface area contributed by atoms with Crippen LogP contribution in [0.4, 0.5) is 14.5 Å². The van der Waals surface area contributed by atoms with Crippen LogP contribution in [0.25, 0.3) is 0 Å². The van der Waals surface area contributed by atoms with Crippen molar-refractivity contribution < 1.29 is 13.4 Å². The summed E-state index contributed by atoms with van der Waals surface area (Å²) in [5.41, 5.74) is 6.49. The molecule has 0 unspecified atom stereocenters. The first kappa shape index (κ1) is 14.9. The van der Waals surface area contributed by atoms with Gasteiger partial charge in [0.1, 0.15) is 5.82 Å². The summed E-state index contributed by atoms with van der Waals surface area (Å²) in [6.45, 7) is -0.501. The van der Waals surface area contributed by atoms with Crippen molar-refractivity contribution >= 4 is 39.2 Å². The Bertz CT molecular complexity index is 635. The first-order valence-electron chi connectivity index (χ1n) is 5.42. The molecule has 5 nitrogen and oxygen atoms in total. The molecule has 1 aromatic carbocycles. The zero-order valence-corrected chi connectivity index (χ0v) is 12.4. The maximum Gasteiger partial charge on any atom is 0.183 e. The highest BCUT2D eigenvalue weighted by Gasteiger charge is 2.14. The van der Waals surface area contributed by atoms with E-state index in [9.17, 15) is 8.78 Å². The average molecular weight is 363 g/mol. The van der Waals surface area contributed by atoms with Crippen molar-refractivity contribution in [2.45, 2.75) is 5.03 Å². The number of thioether (sulfide) groups is 1. The first-order chi connectivity index (χ1) is 9.61. The van der Waals surface area contributed by atoms with Crippen LogP contribution >= 0.6 is 27.7 Å². The van der Waals surface area contributed by atoms with Crippen LogP contribution < -0.4 is 5.73 Å². The number of amidine groups is 1. The molecule has 2 aromatic rings. The minimum atomic E-state index is -0.501. The summed E-state index contributed by atoms with van der Waals surface area (Å²) in [4.78, 5) is 4.10. The Hall–Kier alpha value is -1.48. The van der Waals surface area contributed by atoms with Crippen molar-refractivity contribution in [2.24, 2.45) is 10.7 Å². The zero-order valence-electron chi connectivity index (χ0n) is 10.0. The van der Waals surface area contributed by atoms with E-state index in [1.165, 1.54) is 18.2 Å². The summed E-state index contributed by atoms with van der Waals surface area (Å²) < 4.78 is 30.1. The number of hydrogen-bond acceptors (Lipinski definition) is 5. The lowest BCUT2D eigenvalue weighted by Crippen LogP contribution is -2.14. The molecular formula is C11H9BrF2N4OS. The molecule has 0 amide bonds. The number of rotatable bonds is 5. The van der Waals surface area contributed by atoms with Gasteiger partial charge in [-0.25, -0.2) is 14.0 Å². The number of aromatic nitrogens is 2. The fourth-order valence-corrected chi connectivity index (χ4v) is 2.32. The molecule has 0 bridgehead atoms. The number of nitrogens with zero attached hydrogens (tertiary/aromatic N) is 3. The van der Waals surface area contributed by atoms with E-state index in [2.05, 4.69) is 35.9 Å². The summed E-state index contributed by atoms with van der Waals surface area (Å²) in [7, 11) is 0. The monoisotopic (exact) mass is 362 g/mol. The normalized spacial score (nSPS) is 11.8.